The third kappa shape index (κ3) is 5.10. The highest BCUT2D eigenvalue weighted by molar-refractivity contribution is 7.99. The molecular weight excluding hydrogens is 242 g/mol. The number of para-hydroxylation sites is 1. The van der Waals surface area contributed by atoms with Crippen LogP contribution in [0, 0.1) is 5.92 Å². The normalized spacial score (nSPS) is 12.4. The minimum absolute atomic E-state index is 0.574. The van der Waals surface area contributed by atoms with Crippen LogP contribution in [0.4, 0.5) is 0 Å². The van der Waals surface area contributed by atoms with Crippen molar-refractivity contribution in [3.05, 3.63) is 29.3 Å². The summed E-state index contributed by atoms with van der Waals surface area (Å²) in [7, 11) is 0. The molecule has 16 heavy (non-hydrogen) atoms. The summed E-state index contributed by atoms with van der Waals surface area (Å²) in [5.41, 5.74) is 5.54. The first-order chi connectivity index (χ1) is 7.74. The van der Waals surface area contributed by atoms with Crippen LogP contribution >= 0.6 is 23.4 Å². The molecule has 1 atom stereocenters. The minimum Gasteiger partial charge on any atom is -0.491 e. The topological polar surface area (TPSA) is 35.2 Å². The molecule has 90 valence electrons. The van der Waals surface area contributed by atoms with Crippen LogP contribution in [0.1, 0.15) is 6.92 Å². The van der Waals surface area contributed by atoms with Gasteiger partial charge in [0.15, 0.2) is 0 Å². The van der Waals surface area contributed by atoms with E-state index in [9.17, 15) is 0 Å². The van der Waals surface area contributed by atoms with Crippen LogP contribution in [-0.2, 0) is 0 Å². The standard InChI is InChI=1S/C12H18ClNOS/c1-10(8-14)9-16-7-6-15-12-5-3-2-4-11(12)13/h2-5,10H,6-9,14H2,1H3. The Kier molecular flexibility index (Phi) is 6.69. The van der Waals surface area contributed by atoms with Gasteiger partial charge in [-0.2, -0.15) is 11.8 Å². The van der Waals surface area contributed by atoms with Crippen LogP contribution in [0.15, 0.2) is 24.3 Å². The van der Waals surface area contributed by atoms with E-state index in [1.165, 1.54) is 0 Å². The molecule has 1 aromatic carbocycles. The fraction of sp³-hybridized carbons (Fsp3) is 0.500. The van der Waals surface area contributed by atoms with Gasteiger partial charge in [-0.1, -0.05) is 30.7 Å². The molecule has 0 radical (unpaired) electrons. The summed E-state index contributed by atoms with van der Waals surface area (Å²) in [6.45, 7) is 3.59. The SMILES string of the molecule is CC(CN)CSCCOc1ccccc1Cl. The second kappa shape index (κ2) is 7.82. The molecule has 0 aromatic heterocycles. The van der Waals surface area contributed by atoms with Gasteiger partial charge in [0.2, 0.25) is 0 Å². The molecule has 0 heterocycles. The maximum absolute atomic E-state index is 5.96. The highest BCUT2D eigenvalue weighted by atomic mass is 35.5. The van der Waals surface area contributed by atoms with Crippen molar-refractivity contribution in [1.82, 2.24) is 0 Å². The Morgan fingerprint density at radius 1 is 1.44 bits per heavy atom. The monoisotopic (exact) mass is 259 g/mol. The van der Waals surface area contributed by atoms with Gasteiger partial charge in [-0.25, -0.2) is 0 Å². The molecule has 4 heteroatoms. The molecule has 0 bridgehead atoms. The van der Waals surface area contributed by atoms with Gasteiger partial charge < -0.3 is 10.5 Å². The van der Waals surface area contributed by atoms with E-state index in [4.69, 9.17) is 22.1 Å². The fourth-order valence-electron chi connectivity index (χ4n) is 1.12. The Morgan fingerprint density at radius 3 is 2.88 bits per heavy atom. The molecule has 1 rings (SSSR count). The molecule has 1 aromatic rings. The Morgan fingerprint density at radius 2 is 2.19 bits per heavy atom. The number of ether oxygens (including phenoxy) is 1. The van der Waals surface area contributed by atoms with Crippen LogP contribution in [0.3, 0.4) is 0 Å². The number of nitrogens with two attached hydrogens (primary N) is 1. The van der Waals surface area contributed by atoms with Gasteiger partial charge in [-0.15, -0.1) is 0 Å². The number of rotatable bonds is 7. The molecule has 0 aliphatic carbocycles. The van der Waals surface area contributed by atoms with Crippen LogP contribution in [0.5, 0.6) is 5.75 Å². The lowest BCUT2D eigenvalue weighted by molar-refractivity contribution is 0.344. The van der Waals surface area contributed by atoms with Crippen molar-refractivity contribution < 1.29 is 4.74 Å². The van der Waals surface area contributed by atoms with Crippen molar-refractivity contribution in [3.8, 4) is 5.75 Å². The maximum atomic E-state index is 5.96. The van der Waals surface area contributed by atoms with Gasteiger partial charge in [0, 0.05) is 5.75 Å². The van der Waals surface area contributed by atoms with E-state index in [1.54, 1.807) is 0 Å². The van der Waals surface area contributed by atoms with Crippen molar-refractivity contribution >= 4 is 23.4 Å². The Bertz CT molecular complexity index is 309. The number of hydrogen-bond donors (Lipinski definition) is 1. The van der Waals surface area contributed by atoms with E-state index in [1.807, 2.05) is 36.0 Å². The molecule has 2 nitrogen and oxygen atoms in total. The Hall–Kier alpha value is -0.380. The van der Waals surface area contributed by atoms with Crippen molar-refractivity contribution in [3.63, 3.8) is 0 Å². The molecule has 2 N–H and O–H groups in total. The molecule has 0 saturated carbocycles. The average Bonchev–Trinajstić information content (AvgIpc) is 2.30. The molecule has 0 spiro atoms. The zero-order chi connectivity index (χ0) is 11.8. The molecule has 1 unspecified atom stereocenters. The lowest BCUT2D eigenvalue weighted by Gasteiger charge is -2.09. The summed E-state index contributed by atoms with van der Waals surface area (Å²) >= 11 is 7.82. The second-order valence-electron chi connectivity index (χ2n) is 3.69. The number of halogens is 1. The summed E-state index contributed by atoms with van der Waals surface area (Å²) in [6, 6.07) is 7.54. The Labute approximate surface area is 107 Å². The summed E-state index contributed by atoms with van der Waals surface area (Å²) < 4.78 is 5.57. The molecule has 0 saturated heterocycles. The van der Waals surface area contributed by atoms with E-state index in [2.05, 4.69) is 6.92 Å². The number of hydrogen-bond acceptors (Lipinski definition) is 3. The zero-order valence-corrected chi connectivity index (χ0v) is 11.1. The van der Waals surface area contributed by atoms with Crippen molar-refractivity contribution in [1.29, 1.82) is 0 Å². The van der Waals surface area contributed by atoms with Gasteiger partial charge in [0.1, 0.15) is 5.75 Å². The predicted octanol–water partition coefficient (Wildman–Crippen LogP) is 3.05. The predicted molar refractivity (Wildman–Crippen MR) is 72.5 cm³/mol. The lowest BCUT2D eigenvalue weighted by Crippen LogP contribution is -2.13. The molecule has 0 aliphatic heterocycles. The van der Waals surface area contributed by atoms with E-state index in [0.29, 0.717) is 17.5 Å². The largest absolute Gasteiger partial charge is 0.491 e. The van der Waals surface area contributed by atoms with E-state index < -0.39 is 0 Å². The third-order valence-electron chi connectivity index (χ3n) is 2.13. The van der Waals surface area contributed by atoms with E-state index >= 15 is 0 Å². The first kappa shape index (κ1) is 13.7. The van der Waals surface area contributed by atoms with Crippen LogP contribution in [0.25, 0.3) is 0 Å². The van der Waals surface area contributed by atoms with Crippen LogP contribution < -0.4 is 10.5 Å². The van der Waals surface area contributed by atoms with E-state index in [0.717, 1.165) is 23.8 Å². The first-order valence-corrected chi connectivity index (χ1v) is 6.92. The summed E-state index contributed by atoms with van der Waals surface area (Å²) in [6.07, 6.45) is 0. The smallest absolute Gasteiger partial charge is 0.137 e. The summed E-state index contributed by atoms with van der Waals surface area (Å²) in [5.74, 6) is 3.39. The van der Waals surface area contributed by atoms with Crippen LogP contribution in [-0.4, -0.2) is 24.7 Å². The molecule has 0 fully saturated rings. The lowest BCUT2D eigenvalue weighted by atomic mass is 10.2. The maximum Gasteiger partial charge on any atom is 0.137 e. The van der Waals surface area contributed by atoms with Crippen molar-refractivity contribution in [2.45, 2.75) is 6.92 Å². The van der Waals surface area contributed by atoms with Crippen molar-refractivity contribution in [2.24, 2.45) is 11.7 Å². The summed E-state index contributed by atoms with van der Waals surface area (Å²) in [4.78, 5) is 0. The Balaban J connectivity index is 2.14. The second-order valence-corrected chi connectivity index (χ2v) is 5.25. The minimum atomic E-state index is 0.574. The average molecular weight is 260 g/mol. The third-order valence-corrected chi connectivity index (χ3v) is 3.70. The number of thioether (sulfide) groups is 1. The highest BCUT2D eigenvalue weighted by Crippen LogP contribution is 2.23. The zero-order valence-electron chi connectivity index (χ0n) is 9.49. The van der Waals surface area contributed by atoms with Gasteiger partial charge in [0.05, 0.1) is 11.6 Å². The quantitative estimate of drug-likeness (QED) is 0.765. The molecule has 0 aliphatic rings. The van der Waals surface area contributed by atoms with Crippen molar-refractivity contribution in [2.75, 3.05) is 24.7 Å². The highest BCUT2D eigenvalue weighted by Gasteiger charge is 2.01. The van der Waals surface area contributed by atoms with Gasteiger partial charge >= 0.3 is 0 Å². The van der Waals surface area contributed by atoms with Gasteiger partial charge in [-0.05, 0) is 30.3 Å². The first-order valence-electron chi connectivity index (χ1n) is 5.39. The van der Waals surface area contributed by atoms with E-state index in [-0.39, 0.29) is 0 Å². The number of benzene rings is 1. The van der Waals surface area contributed by atoms with Gasteiger partial charge in [-0.3, -0.25) is 0 Å². The fourth-order valence-corrected chi connectivity index (χ4v) is 2.22. The van der Waals surface area contributed by atoms with Crippen LogP contribution in [0.2, 0.25) is 5.02 Å². The molecule has 0 amide bonds. The molecular formula is C12H18ClNOS. The summed E-state index contributed by atoms with van der Waals surface area (Å²) in [5, 5.41) is 0.669. The van der Waals surface area contributed by atoms with Gasteiger partial charge in [0.25, 0.3) is 0 Å².